The van der Waals surface area contributed by atoms with Gasteiger partial charge in [-0.05, 0) is 58.0 Å². The van der Waals surface area contributed by atoms with Gasteiger partial charge in [0.2, 0.25) is 0 Å². The Morgan fingerprint density at radius 2 is 1.73 bits per heavy atom. The molecule has 0 aliphatic carbocycles. The molecule has 0 unspecified atom stereocenters. The van der Waals surface area contributed by atoms with Crippen LogP contribution in [0.25, 0.3) is 0 Å². The van der Waals surface area contributed by atoms with Crippen molar-refractivity contribution in [2.45, 2.75) is 46.0 Å². The molecule has 30 heavy (non-hydrogen) atoms. The number of rotatable bonds is 13. The Labute approximate surface area is 201 Å². The van der Waals surface area contributed by atoms with Gasteiger partial charge >= 0.3 is 0 Å². The molecule has 2 N–H and O–H groups in total. The summed E-state index contributed by atoms with van der Waals surface area (Å²) < 4.78 is 11.2. The average molecular weight is 540 g/mol. The highest BCUT2D eigenvalue weighted by molar-refractivity contribution is 14.0. The van der Waals surface area contributed by atoms with Crippen molar-refractivity contribution >= 4 is 29.9 Å². The van der Waals surface area contributed by atoms with E-state index in [2.05, 4.69) is 39.3 Å². The van der Waals surface area contributed by atoms with Crippen LogP contribution >= 0.6 is 24.0 Å². The van der Waals surface area contributed by atoms with E-state index in [0.717, 1.165) is 71.3 Å². The van der Waals surface area contributed by atoms with Crippen molar-refractivity contribution in [3.05, 3.63) is 0 Å². The quantitative estimate of drug-likeness (QED) is 0.162. The third-order valence-corrected chi connectivity index (χ3v) is 5.86. The molecule has 2 fully saturated rings. The molecule has 0 aromatic heterocycles. The maximum atomic E-state index is 5.83. The molecule has 2 heterocycles. The number of piperazine rings is 1. The lowest BCUT2D eigenvalue weighted by Gasteiger charge is -2.34. The van der Waals surface area contributed by atoms with Crippen molar-refractivity contribution in [3.63, 3.8) is 0 Å². The highest BCUT2D eigenvalue weighted by Crippen LogP contribution is 2.14. The zero-order valence-electron chi connectivity index (χ0n) is 19.4. The maximum absolute atomic E-state index is 5.83. The van der Waals surface area contributed by atoms with Gasteiger partial charge in [0.15, 0.2) is 5.96 Å². The minimum absolute atomic E-state index is 0. The first-order valence-corrected chi connectivity index (χ1v) is 11.9. The second-order valence-corrected chi connectivity index (χ2v) is 8.15. The van der Waals surface area contributed by atoms with Gasteiger partial charge in [0.05, 0.1) is 0 Å². The summed E-state index contributed by atoms with van der Waals surface area (Å²) >= 11 is 0. The van der Waals surface area contributed by atoms with Crippen molar-refractivity contribution in [3.8, 4) is 0 Å². The molecule has 2 saturated heterocycles. The summed E-state index contributed by atoms with van der Waals surface area (Å²) in [6, 6.07) is 0. The predicted octanol–water partition coefficient (Wildman–Crippen LogP) is 2.41. The number of likely N-dealkylation sites (N-methyl/N-ethyl adjacent to an activating group) is 1. The van der Waals surface area contributed by atoms with Crippen LogP contribution in [0.1, 0.15) is 46.0 Å². The Morgan fingerprint density at radius 3 is 2.43 bits per heavy atom. The van der Waals surface area contributed by atoms with Gasteiger partial charge in [0.25, 0.3) is 0 Å². The Hall–Kier alpha value is -0.160. The van der Waals surface area contributed by atoms with Gasteiger partial charge in [-0.3, -0.25) is 4.99 Å². The highest BCUT2D eigenvalue weighted by atomic mass is 127. The van der Waals surface area contributed by atoms with Crippen LogP contribution in [0.4, 0.5) is 0 Å². The molecule has 0 spiro atoms. The number of guanidine groups is 1. The van der Waals surface area contributed by atoms with Crippen LogP contribution in [0.5, 0.6) is 0 Å². The zero-order valence-corrected chi connectivity index (χ0v) is 21.7. The first kappa shape index (κ1) is 27.9. The number of nitrogens with zero attached hydrogens (tertiary/aromatic N) is 3. The molecule has 2 rings (SSSR count). The average Bonchev–Trinajstić information content (AvgIpc) is 2.77. The van der Waals surface area contributed by atoms with Crippen LogP contribution < -0.4 is 10.6 Å². The van der Waals surface area contributed by atoms with Crippen LogP contribution in [0.15, 0.2) is 4.99 Å². The molecule has 2 aliphatic rings. The van der Waals surface area contributed by atoms with Crippen LogP contribution in [0.3, 0.4) is 0 Å². The van der Waals surface area contributed by atoms with Crippen LogP contribution in [0, 0.1) is 5.92 Å². The Morgan fingerprint density at radius 1 is 1.00 bits per heavy atom. The molecule has 7 nitrogen and oxygen atoms in total. The standard InChI is InChI=1S/C22H45N5O2.HI/c1-3-23-22(25-11-7-17-29-20-21-8-18-28-19-9-21)24-10-5-6-12-27-15-13-26(4-2)14-16-27;/h21H,3-20H2,1-2H3,(H2,23,24,25);1H. The summed E-state index contributed by atoms with van der Waals surface area (Å²) in [6.45, 7) is 17.8. The SMILES string of the molecule is CCNC(=NCCCOCC1CCOCC1)NCCCCN1CCN(CC)CC1.I. The van der Waals surface area contributed by atoms with E-state index < -0.39 is 0 Å². The first-order chi connectivity index (χ1) is 14.3. The van der Waals surface area contributed by atoms with Crippen molar-refractivity contribution in [1.82, 2.24) is 20.4 Å². The van der Waals surface area contributed by atoms with Crippen LogP contribution in [-0.2, 0) is 9.47 Å². The topological polar surface area (TPSA) is 61.4 Å². The number of halogens is 1. The summed E-state index contributed by atoms with van der Waals surface area (Å²) in [6.07, 6.45) is 5.69. The molecule has 0 aromatic rings. The largest absolute Gasteiger partial charge is 0.381 e. The van der Waals surface area contributed by atoms with Gasteiger partial charge in [-0.25, -0.2) is 0 Å². The van der Waals surface area contributed by atoms with Gasteiger partial charge in [0, 0.05) is 72.2 Å². The Balaban J connectivity index is 0.00000450. The fourth-order valence-electron chi connectivity index (χ4n) is 3.86. The molecule has 0 bridgehead atoms. The summed E-state index contributed by atoms with van der Waals surface area (Å²) in [5.41, 5.74) is 0. The summed E-state index contributed by atoms with van der Waals surface area (Å²) in [5, 5.41) is 6.82. The summed E-state index contributed by atoms with van der Waals surface area (Å²) in [7, 11) is 0. The lowest BCUT2D eigenvalue weighted by molar-refractivity contribution is 0.0205. The van der Waals surface area contributed by atoms with Gasteiger partial charge < -0.3 is 29.9 Å². The van der Waals surface area contributed by atoms with Crippen LogP contribution in [0.2, 0.25) is 0 Å². The van der Waals surface area contributed by atoms with Gasteiger partial charge in [0.1, 0.15) is 0 Å². The molecular weight excluding hydrogens is 493 g/mol. The van der Waals surface area contributed by atoms with E-state index in [4.69, 9.17) is 9.47 Å². The Bertz CT molecular complexity index is 428. The summed E-state index contributed by atoms with van der Waals surface area (Å²) in [4.78, 5) is 9.82. The number of aliphatic imine (C=N–C) groups is 1. The number of hydrogen-bond acceptors (Lipinski definition) is 5. The second-order valence-electron chi connectivity index (χ2n) is 8.15. The normalized spacial score (nSPS) is 19.5. The fraction of sp³-hybridized carbons (Fsp3) is 0.955. The zero-order chi connectivity index (χ0) is 20.6. The fourth-order valence-corrected chi connectivity index (χ4v) is 3.86. The Kier molecular flexibility index (Phi) is 17.1. The van der Waals surface area contributed by atoms with E-state index in [0.29, 0.717) is 5.92 Å². The minimum Gasteiger partial charge on any atom is -0.381 e. The number of hydrogen-bond donors (Lipinski definition) is 2. The van der Waals surface area contributed by atoms with E-state index in [1.54, 1.807) is 0 Å². The molecular formula is C22H46IN5O2. The molecule has 0 saturated carbocycles. The molecule has 8 heteroatoms. The predicted molar refractivity (Wildman–Crippen MR) is 136 cm³/mol. The van der Waals surface area contributed by atoms with Crippen LogP contribution in [-0.4, -0.2) is 101 Å². The summed E-state index contributed by atoms with van der Waals surface area (Å²) in [5.74, 6) is 1.62. The van der Waals surface area contributed by atoms with E-state index >= 15 is 0 Å². The van der Waals surface area contributed by atoms with E-state index in [1.165, 1.54) is 52.1 Å². The van der Waals surface area contributed by atoms with Crippen molar-refractivity contribution < 1.29 is 9.47 Å². The molecule has 0 amide bonds. The number of nitrogens with one attached hydrogen (secondary N) is 2. The molecule has 178 valence electrons. The van der Waals surface area contributed by atoms with Gasteiger partial charge in [-0.15, -0.1) is 24.0 Å². The molecule has 0 radical (unpaired) electrons. The van der Waals surface area contributed by atoms with Crippen molar-refractivity contribution in [2.75, 3.05) is 85.3 Å². The van der Waals surface area contributed by atoms with E-state index in [1.807, 2.05) is 0 Å². The second kappa shape index (κ2) is 18.4. The highest BCUT2D eigenvalue weighted by Gasteiger charge is 2.15. The van der Waals surface area contributed by atoms with E-state index in [9.17, 15) is 0 Å². The number of ether oxygens (including phenoxy) is 2. The third kappa shape index (κ3) is 12.6. The maximum Gasteiger partial charge on any atom is 0.191 e. The van der Waals surface area contributed by atoms with Crippen molar-refractivity contribution in [1.29, 1.82) is 0 Å². The van der Waals surface area contributed by atoms with Gasteiger partial charge in [-0.1, -0.05) is 6.92 Å². The van der Waals surface area contributed by atoms with E-state index in [-0.39, 0.29) is 24.0 Å². The third-order valence-electron chi connectivity index (χ3n) is 5.86. The number of unbranched alkanes of at least 4 members (excludes halogenated alkanes) is 1. The molecule has 0 aromatic carbocycles. The van der Waals surface area contributed by atoms with Gasteiger partial charge in [-0.2, -0.15) is 0 Å². The van der Waals surface area contributed by atoms with Crippen molar-refractivity contribution in [2.24, 2.45) is 10.9 Å². The molecule has 2 aliphatic heterocycles. The minimum atomic E-state index is 0. The lowest BCUT2D eigenvalue weighted by Crippen LogP contribution is -2.46. The monoisotopic (exact) mass is 539 g/mol. The lowest BCUT2D eigenvalue weighted by atomic mass is 10.0. The molecule has 0 atom stereocenters. The smallest absolute Gasteiger partial charge is 0.191 e. The first-order valence-electron chi connectivity index (χ1n) is 11.9.